The van der Waals surface area contributed by atoms with Crippen LogP contribution in [0.25, 0.3) is 11.0 Å². The first-order valence-electron chi connectivity index (χ1n) is 4.04. The van der Waals surface area contributed by atoms with Gasteiger partial charge in [0.05, 0.1) is 11.1 Å². The van der Waals surface area contributed by atoms with E-state index in [0.29, 0.717) is 16.7 Å². The van der Waals surface area contributed by atoms with Gasteiger partial charge < -0.3 is 4.42 Å². The molecule has 0 aliphatic carbocycles. The number of hydrogen-bond donors (Lipinski definition) is 0. The van der Waals surface area contributed by atoms with Gasteiger partial charge in [-0.3, -0.25) is 9.78 Å². The molecule has 0 aliphatic rings. The van der Waals surface area contributed by atoms with Crippen molar-refractivity contribution in [1.82, 2.24) is 4.98 Å². The van der Waals surface area contributed by atoms with E-state index in [-0.39, 0.29) is 5.43 Å². The lowest BCUT2D eigenvalue weighted by atomic mass is 10.2. The van der Waals surface area contributed by atoms with E-state index in [2.05, 4.69) is 4.98 Å². The molecular formula is C10H9NO2. The predicted octanol–water partition coefficient (Wildman–Crippen LogP) is 1.80. The highest BCUT2D eigenvalue weighted by Gasteiger charge is 2.04. The summed E-state index contributed by atoms with van der Waals surface area (Å²) in [5.41, 5.74) is 1.33. The molecule has 0 N–H and O–H groups in total. The standard InChI is InChI=1S/C10H9NO2/c1-6-5-9(12)8-3-4-11-7(2)10(8)13-6/h3-5H,1-2H3. The molecule has 0 saturated heterocycles. The van der Waals surface area contributed by atoms with Crippen LogP contribution in [0.15, 0.2) is 27.5 Å². The molecule has 0 aliphatic heterocycles. The normalized spacial score (nSPS) is 10.6. The quantitative estimate of drug-likeness (QED) is 0.613. The van der Waals surface area contributed by atoms with E-state index >= 15 is 0 Å². The lowest BCUT2D eigenvalue weighted by Crippen LogP contribution is -2.01. The van der Waals surface area contributed by atoms with Gasteiger partial charge >= 0.3 is 0 Å². The maximum Gasteiger partial charge on any atom is 0.193 e. The van der Waals surface area contributed by atoms with Crippen LogP contribution in [0.4, 0.5) is 0 Å². The van der Waals surface area contributed by atoms with Crippen molar-refractivity contribution >= 4 is 11.0 Å². The summed E-state index contributed by atoms with van der Waals surface area (Å²) in [5.74, 6) is 0.619. The molecule has 13 heavy (non-hydrogen) atoms. The van der Waals surface area contributed by atoms with Crippen LogP contribution in [0.5, 0.6) is 0 Å². The van der Waals surface area contributed by atoms with E-state index in [1.165, 1.54) is 6.07 Å². The van der Waals surface area contributed by atoms with Crippen LogP contribution in [0.1, 0.15) is 11.5 Å². The topological polar surface area (TPSA) is 43.1 Å². The van der Waals surface area contributed by atoms with Crippen LogP contribution < -0.4 is 5.43 Å². The van der Waals surface area contributed by atoms with E-state index in [4.69, 9.17) is 4.42 Å². The highest BCUT2D eigenvalue weighted by atomic mass is 16.3. The van der Waals surface area contributed by atoms with Crippen LogP contribution in [0.2, 0.25) is 0 Å². The first-order valence-corrected chi connectivity index (χ1v) is 4.04. The number of rotatable bonds is 0. The first kappa shape index (κ1) is 7.98. The Morgan fingerprint density at radius 2 is 2.15 bits per heavy atom. The van der Waals surface area contributed by atoms with E-state index in [0.717, 1.165) is 5.69 Å². The van der Waals surface area contributed by atoms with Gasteiger partial charge in [0.1, 0.15) is 5.76 Å². The van der Waals surface area contributed by atoms with Crippen molar-refractivity contribution in [3.63, 3.8) is 0 Å². The van der Waals surface area contributed by atoms with Gasteiger partial charge in [-0.05, 0) is 19.9 Å². The molecule has 66 valence electrons. The molecule has 0 fully saturated rings. The molecule has 0 bridgehead atoms. The Bertz CT molecular complexity index is 514. The average molecular weight is 175 g/mol. The zero-order valence-electron chi connectivity index (χ0n) is 7.50. The van der Waals surface area contributed by atoms with Gasteiger partial charge in [0.15, 0.2) is 11.0 Å². The molecule has 2 aromatic heterocycles. The number of fused-ring (bicyclic) bond motifs is 1. The Morgan fingerprint density at radius 1 is 1.38 bits per heavy atom. The zero-order chi connectivity index (χ0) is 9.42. The van der Waals surface area contributed by atoms with Crippen LogP contribution in [-0.2, 0) is 0 Å². The molecule has 2 rings (SSSR count). The van der Waals surface area contributed by atoms with Crippen molar-refractivity contribution in [2.45, 2.75) is 13.8 Å². The summed E-state index contributed by atoms with van der Waals surface area (Å²) in [6.07, 6.45) is 1.62. The fraction of sp³-hybridized carbons (Fsp3) is 0.200. The smallest absolute Gasteiger partial charge is 0.193 e. The Morgan fingerprint density at radius 3 is 2.92 bits per heavy atom. The summed E-state index contributed by atoms with van der Waals surface area (Å²) in [5, 5.41) is 0.595. The summed E-state index contributed by atoms with van der Waals surface area (Å²) in [4.78, 5) is 15.5. The van der Waals surface area contributed by atoms with Crippen LogP contribution in [0.3, 0.4) is 0 Å². The lowest BCUT2D eigenvalue weighted by Gasteiger charge is -1.99. The molecule has 0 spiro atoms. The largest absolute Gasteiger partial charge is 0.459 e. The second kappa shape index (κ2) is 2.69. The van der Waals surface area contributed by atoms with Gasteiger partial charge in [-0.1, -0.05) is 0 Å². The van der Waals surface area contributed by atoms with Gasteiger partial charge in [0.25, 0.3) is 0 Å². The molecular weight excluding hydrogens is 166 g/mol. The molecule has 0 saturated carbocycles. The lowest BCUT2D eigenvalue weighted by molar-refractivity contribution is 0.560. The Balaban J connectivity index is 3.03. The highest BCUT2D eigenvalue weighted by Crippen LogP contribution is 2.13. The number of aryl methyl sites for hydroxylation is 2. The van der Waals surface area contributed by atoms with E-state index in [9.17, 15) is 4.79 Å². The molecule has 3 nitrogen and oxygen atoms in total. The minimum atomic E-state index is -0.00995. The van der Waals surface area contributed by atoms with Gasteiger partial charge in [0.2, 0.25) is 0 Å². The summed E-state index contributed by atoms with van der Waals surface area (Å²) >= 11 is 0. The fourth-order valence-electron chi connectivity index (χ4n) is 1.33. The minimum Gasteiger partial charge on any atom is -0.459 e. The molecule has 3 heteroatoms. The van der Waals surface area contributed by atoms with Gasteiger partial charge in [0, 0.05) is 12.3 Å². The van der Waals surface area contributed by atoms with Crippen LogP contribution in [-0.4, -0.2) is 4.98 Å². The molecule has 0 unspecified atom stereocenters. The second-order valence-electron chi connectivity index (χ2n) is 2.99. The molecule has 2 heterocycles. The third-order valence-electron chi connectivity index (χ3n) is 1.95. The highest BCUT2D eigenvalue weighted by molar-refractivity contribution is 5.77. The van der Waals surface area contributed by atoms with Crippen LogP contribution in [0, 0.1) is 13.8 Å². The van der Waals surface area contributed by atoms with Crippen molar-refractivity contribution in [2.24, 2.45) is 0 Å². The Kier molecular flexibility index (Phi) is 1.65. The Labute approximate surface area is 75.0 Å². The van der Waals surface area contributed by atoms with E-state index in [1.54, 1.807) is 19.2 Å². The predicted molar refractivity (Wildman–Crippen MR) is 49.8 cm³/mol. The maximum absolute atomic E-state index is 11.5. The van der Waals surface area contributed by atoms with Crippen molar-refractivity contribution < 1.29 is 4.42 Å². The molecule has 0 aromatic carbocycles. The summed E-state index contributed by atoms with van der Waals surface area (Å²) < 4.78 is 5.41. The maximum atomic E-state index is 11.5. The number of nitrogens with zero attached hydrogens (tertiary/aromatic N) is 1. The van der Waals surface area contributed by atoms with E-state index in [1.807, 2.05) is 6.92 Å². The fourth-order valence-corrected chi connectivity index (χ4v) is 1.33. The van der Waals surface area contributed by atoms with Gasteiger partial charge in [-0.2, -0.15) is 0 Å². The summed E-state index contributed by atoms with van der Waals surface area (Å²) in [6, 6.07) is 3.16. The zero-order valence-corrected chi connectivity index (χ0v) is 7.50. The van der Waals surface area contributed by atoms with Crippen LogP contribution >= 0.6 is 0 Å². The first-order chi connectivity index (χ1) is 6.18. The second-order valence-corrected chi connectivity index (χ2v) is 2.99. The molecule has 0 atom stereocenters. The van der Waals surface area contributed by atoms with Crippen molar-refractivity contribution in [3.05, 3.63) is 40.0 Å². The SMILES string of the molecule is Cc1cc(=O)c2ccnc(C)c2o1. The van der Waals surface area contributed by atoms with Gasteiger partial charge in [-0.25, -0.2) is 0 Å². The number of hydrogen-bond acceptors (Lipinski definition) is 3. The molecule has 0 amide bonds. The number of aromatic nitrogens is 1. The monoisotopic (exact) mass is 175 g/mol. The summed E-state index contributed by atoms with van der Waals surface area (Å²) in [6.45, 7) is 3.58. The third kappa shape index (κ3) is 1.22. The van der Waals surface area contributed by atoms with Crippen molar-refractivity contribution in [1.29, 1.82) is 0 Å². The molecule has 0 radical (unpaired) electrons. The summed E-state index contributed by atoms with van der Waals surface area (Å²) in [7, 11) is 0. The van der Waals surface area contributed by atoms with Gasteiger partial charge in [-0.15, -0.1) is 0 Å². The third-order valence-corrected chi connectivity index (χ3v) is 1.95. The van der Waals surface area contributed by atoms with E-state index < -0.39 is 0 Å². The van der Waals surface area contributed by atoms with Crippen molar-refractivity contribution in [3.8, 4) is 0 Å². The van der Waals surface area contributed by atoms with Crippen molar-refractivity contribution in [2.75, 3.05) is 0 Å². The average Bonchev–Trinajstić information content (AvgIpc) is 2.07. The minimum absolute atomic E-state index is 0.00995. The Hall–Kier alpha value is -1.64. The molecule has 2 aromatic rings. The number of pyridine rings is 1.